The van der Waals surface area contributed by atoms with E-state index in [1.165, 1.54) is 12.1 Å². The second-order valence-electron chi connectivity index (χ2n) is 9.10. The molecule has 7 nitrogen and oxygen atoms in total. The van der Waals surface area contributed by atoms with Gasteiger partial charge in [0.1, 0.15) is 0 Å². The Labute approximate surface area is 208 Å². The fourth-order valence-corrected chi connectivity index (χ4v) is 4.63. The van der Waals surface area contributed by atoms with Gasteiger partial charge in [0.2, 0.25) is 0 Å². The van der Waals surface area contributed by atoms with Gasteiger partial charge in [-0.15, -0.1) is 0 Å². The van der Waals surface area contributed by atoms with Crippen LogP contribution in [0.1, 0.15) is 70.7 Å². The number of halogens is 2. The lowest BCUT2D eigenvalue weighted by molar-refractivity contribution is -0.143. The summed E-state index contributed by atoms with van der Waals surface area (Å²) in [4.78, 5) is 35.7. The smallest absolute Gasteiger partial charge is 0.306 e. The van der Waals surface area contributed by atoms with Crippen molar-refractivity contribution in [3.63, 3.8) is 0 Å². The van der Waals surface area contributed by atoms with Crippen molar-refractivity contribution < 1.29 is 28.6 Å². The zero-order chi connectivity index (χ0) is 24.9. The van der Waals surface area contributed by atoms with E-state index >= 15 is 0 Å². The Hall–Kier alpha value is -3.13. The first-order chi connectivity index (χ1) is 16.8. The van der Waals surface area contributed by atoms with E-state index in [1.807, 2.05) is 6.07 Å². The molecule has 0 aromatic heterocycles. The van der Waals surface area contributed by atoms with Crippen LogP contribution in [0, 0.1) is 11.7 Å². The first-order valence-corrected chi connectivity index (χ1v) is 12.2. The van der Waals surface area contributed by atoms with Crippen molar-refractivity contribution >= 4 is 29.4 Å². The molecule has 9 heteroatoms. The van der Waals surface area contributed by atoms with Crippen molar-refractivity contribution in [3.8, 4) is 5.75 Å². The number of benzene rings is 2. The summed E-state index contributed by atoms with van der Waals surface area (Å²) in [6.45, 7) is 0.375. The third kappa shape index (κ3) is 6.51. The molecule has 186 valence electrons. The number of carboxylic acid groups (broad SMARTS) is 1. The third-order valence-corrected chi connectivity index (χ3v) is 6.81. The van der Waals surface area contributed by atoms with Gasteiger partial charge in [-0.25, -0.2) is 4.39 Å². The van der Waals surface area contributed by atoms with E-state index in [0.29, 0.717) is 42.2 Å². The predicted octanol–water partition coefficient (Wildman–Crippen LogP) is 4.54. The van der Waals surface area contributed by atoms with Crippen molar-refractivity contribution in [2.45, 2.75) is 50.5 Å². The van der Waals surface area contributed by atoms with Gasteiger partial charge in [-0.05, 0) is 80.3 Å². The van der Waals surface area contributed by atoms with E-state index in [9.17, 15) is 18.8 Å². The van der Waals surface area contributed by atoms with Crippen LogP contribution >= 0.6 is 11.6 Å². The number of nitrogens with one attached hydrogen (secondary N) is 2. The predicted molar refractivity (Wildman–Crippen MR) is 129 cm³/mol. The number of carbonyl (C=O) groups excluding carboxylic acids is 2. The van der Waals surface area contributed by atoms with Gasteiger partial charge in [0, 0.05) is 29.2 Å². The van der Waals surface area contributed by atoms with Crippen LogP contribution in [-0.2, 0) is 4.79 Å². The van der Waals surface area contributed by atoms with Crippen LogP contribution in [0.4, 0.5) is 4.39 Å². The number of ether oxygens (including phenoxy) is 1. The molecular formula is C26H28ClFN2O5. The highest BCUT2D eigenvalue weighted by atomic mass is 35.5. The van der Waals surface area contributed by atoms with Gasteiger partial charge in [-0.3, -0.25) is 14.4 Å². The Morgan fingerprint density at radius 2 is 1.51 bits per heavy atom. The first-order valence-electron chi connectivity index (χ1n) is 11.9. The molecule has 2 aromatic rings. The zero-order valence-corrected chi connectivity index (χ0v) is 19.9. The van der Waals surface area contributed by atoms with Gasteiger partial charge in [-0.2, -0.15) is 0 Å². The van der Waals surface area contributed by atoms with Gasteiger partial charge >= 0.3 is 5.97 Å². The molecule has 2 amide bonds. The largest absolute Gasteiger partial charge is 0.487 e. The van der Waals surface area contributed by atoms with Crippen LogP contribution in [-0.4, -0.2) is 42.1 Å². The summed E-state index contributed by atoms with van der Waals surface area (Å²) in [5.41, 5.74) is 1.67. The van der Waals surface area contributed by atoms with E-state index in [-0.39, 0.29) is 42.3 Å². The van der Waals surface area contributed by atoms with Crippen LogP contribution in [0.2, 0.25) is 5.02 Å². The summed E-state index contributed by atoms with van der Waals surface area (Å²) in [6, 6.07) is 9.28. The molecule has 2 saturated carbocycles. The Morgan fingerprint density at radius 3 is 2.06 bits per heavy atom. The van der Waals surface area contributed by atoms with Crippen LogP contribution in [0.25, 0.3) is 0 Å². The number of amides is 2. The van der Waals surface area contributed by atoms with Crippen LogP contribution < -0.4 is 15.4 Å². The normalized spacial score (nSPS) is 19.6. The molecule has 3 N–H and O–H groups in total. The Kier molecular flexibility index (Phi) is 7.90. The fraction of sp³-hybridized carbons (Fsp3) is 0.423. The highest BCUT2D eigenvalue weighted by Crippen LogP contribution is 2.43. The number of rotatable bonds is 9. The molecule has 0 atom stereocenters. The summed E-state index contributed by atoms with van der Waals surface area (Å²) in [7, 11) is 0. The highest BCUT2D eigenvalue weighted by Gasteiger charge is 2.28. The zero-order valence-electron chi connectivity index (χ0n) is 19.2. The maximum Gasteiger partial charge on any atom is 0.306 e. The molecule has 0 spiro atoms. The summed E-state index contributed by atoms with van der Waals surface area (Å²) >= 11 is 6.28. The van der Waals surface area contributed by atoms with Crippen molar-refractivity contribution in [1.82, 2.24) is 10.6 Å². The Bertz CT molecular complexity index is 1110. The van der Waals surface area contributed by atoms with E-state index < -0.39 is 17.7 Å². The topological polar surface area (TPSA) is 105 Å². The quantitative estimate of drug-likeness (QED) is 0.437. The SMILES string of the molecule is O=C(NCCNC(=O)c1ccc(C2CC2)c(Cl)c1)c1ccc(O[C@H]2CC[C@@H](C(=O)O)CC2)c(F)c1. The molecule has 0 heterocycles. The van der Waals surface area contributed by atoms with Gasteiger partial charge in [0.25, 0.3) is 11.8 Å². The maximum absolute atomic E-state index is 14.5. The van der Waals surface area contributed by atoms with Crippen LogP contribution in [0.5, 0.6) is 5.75 Å². The number of carbonyl (C=O) groups is 3. The molecule has 4 rings (SSSR count). The van der Waals surface area contributed by atoms with Crippen molar-refractivity contribution in [3.05, 3.63) is 63.9 Å². The summed E-state index contributed by atoms with van der Waals surface area (Å²) < 4.78 is 20.2. The van der Waals surface area contributed by atoms with Crippen molar-refractivity contribution in [1.29, 1.82) is 0 Å². The molecule has 0 aliphatic heterocycles. The minimum absolute atomic E-state index is 0.0407. The van der Waals surface area contributed by atoms with Crippen LogP contribution in [0.15, 0.2) is 36.4 Å². The summed E-state index contributed by atoms with van der Waals surface area (Å²) in [5, 5.41) is 15.0. The molecule has 0 radical (unpaired) electrons. The van der Waals surface area contributed by atoms with Crippen LogP contribution in [0.3, 0.4) is 0 Å². The monoisotopic (exact) mass is 502 g/mol. The van der Waals surface area contributed by atoms with E-state index in [4.69, 9.17) is 21.4 Å². The average molecular weight is 503 g/mol. The third-order valence-electron chi connectivity index (χ3n) is 6.49. The number of aliphatic carboxylic acids is 1. The fourth-order valence-electron chi connectivity index (χ4n) is 4.29. The molecule has 2 aliphatic carbocycles. The lowest BCUT2D eigenvalue weighted by Crippen LogP contribution is -2.34. The second-order valence-corrected chi connectivity index (χ2v) is 9.50. The van der Waals surface area contributed by atoms with Gasteiger partial charge in [-0.1, -0.05) is 17.7 Å². The first kappa shape index (κ1) is 25.0. The van der Waals surface area contributed by atoms with Gasteiger partial charge in [0.05, 0.1) is 12.0 Å². The number of carboxylic acids is 1. The Balaban J connectivity index is 1.21. The van der Waals surface area contributed by atoms with Gasteiger partial charge < -0.3 is 20.5 Å². The van der Waals surface area contributed by atoms with Gasteiger partial charge in [0.15, 0.2) is 11.6 Å². The average Bonchev–Trinajstić information content (AvgIpc) is 3.68. The van der Waals surface area contributed by atoms with E-state index in [0.717, 1.165) is 24.5 Å². The Morgan fingerprint density at radius 1 is 0.914 bits per heavy atom. The van der Waals surface area contributed by atoms with Crippen molar-refractivity contribution in [2.75, 3.05) is 13.1 Å². The molecule has 2 fully saturated rings. The molecule has 0 bridgehead atoms. The van der Waals surface area contributed by atoms with E-state index in [1.54, 1.807) is 12.1 Å². The maximum atomic E-state index is 14.5. The highest BCUT2D eigenvalue weighted by molar-refractivity contribution is 6.31. The molecule has 0 saturated heterocycles. The van der Waals surface area contributed by atoms with E-state index in [2.05, 4.69) is 10.6 Å². The molecule has 0 unspecified atom stereocenters. The summed E-state index contributed by atoms with van der Waals surface area (Å²) in [6.07, 6.45) is 4.08. The summed E-state index contributed by atoms with van der Waals surface area (Å²) in [5.74, 6) is -2.05. The minimum Gasteiger partial charge on any atom is -0.487 e. The number of hydrogen-bond acceptors (Lipinski definition) is 4. The second kappa shape index (κ2) is 11.1. The minimum atomic E-state index is -0.809. The molecule has 35 heavy (non-hydrogen) atoms. The standard InChI is InChI=1S/C26H28ClFN2O5/c27-21-13-17(5-9-20(21)15-1-2-15)24(31)29-11-12-30-25(32)18-6-10-23(22(28)14-18)35-19-7-3-16(4-8-19)26(33)34/h5-6,9-10,13-16,19H,1-4,7-8,11-12H2,(H,29,31)(H,30,32)(H,33,34)/t16-,19+. The lowest BCUT2D eigenvalue weighted by Gasteiger charge is -2.27. The lowest BCUT2D eigenvalue weighted by atomic mass is 9.87. The number of hydrogen-bond donors (Lipinski definition) is 3. The molecule has 2 aliphatic rings. The van der Waals surface area contributed by atoms with Crippen molar-refractivity contribution in [2.24, 2.45) is 5.92 Å². The molecular weight excluding hydrogens is 475 g/mol. The molecule has 2 aromatic carbocycles.